The molecule has 3 atom stereocenters. The third-order valence-electron chi connectivity index (χ3n) is 5.91. The number of imide groups is 1. The summed E-state index contributed by atoms with van der Waals surface area (Å²) in [7, 11) is 0. The monoisotopic (exact) mass is 385 g/mol. The molecular weight excluding hydrogens is 358 g/mol. The molecule has 28 heavy (non-hydrogen) atoms. The van der Waals surface area contributed by atoms with Crippen LogP contribution in [0.3, 0.4) is 0 Å². The topological polar surface area (TPSA) is 95.6 Å². The molecule has 2 fully saturated rings. The lowest BCUT2D eigenvalue weighted by Gasteiger charge is -2.36. The number of carbonyl (C=O) groups excluding carboxylic acids is 4. The number of nitrogens with one attached hydrogen (secondary N) is 2. The van der Waals surface area contributed by atoms with Crippen molar-refractivity contribution in [2.24, 2.45) is 5.92 Å². The number of carbonyl (C=O) groups is 4. The summed E-state index contributed by atoms with van der Waals surface area (Å²) >= 11 is 0. The van der Waals surface area contributed by atoms with E-state index in [0.717, 1.165) is 29.7 Å². The molecule has 150 valence electrons. The Morgan fingerprint density at radius 1 is 1.25 bits per heavy atom. The van der Waals surface area contributed by atoms with Crippen molar-refractivity contribution in [1.82, 2.24) is 15.5 Å². The Balaban J connectivity index is 1.65. The first-order chi connectivity index (χ1) is 13.3. The zero-order valence-electron chi connectivity index (χ0n) is 16.4. The highest BCUT2D eigenvalue weighted by atomic mass is 16.2. The van der Waals surface area contributed by atoms with Crippen LogP contribution in [0, 0.1) is 5.92 Å². The third kappa shape index (κ3) is 3.93. The summed E-state index contributed by atoms with van der Waals surface area (Å²) in [6.45, 7) is 3.00. The van der Waals surface area contributed by atoms with Gasteiger partial charge < -0.3 is 10.6 Å². The van der Waals surface area contributed by atoms with Crippen LogP contribution in [-0.4, -0.2) is 46.7 Å². The lowest BCUT2D eigenvalue weighted by Crippen LogP contribution is -2.54. The van der Waals surface area contributed by atoms with Gasteiger partial charge >= 0.3 is 6.03 Å². The highest BCUT2D eigenvalue weighted by molar-refractivity contribution is 6.09. The summed E-state index contributed by atoms with van der Waals surface area (Å²) in [6.07, 6.45) is 3.74. The zero-order chi connectivity index (χ0) is 20.3. The molecular formula is C21H27N3O4. The van der Waals surface area contributed by atoms with Crippen molar-refractivity contribution in [3.8, 4) is 0 Å². The number of hydrogen-bond acceptors (Lipinski definition) is 4. The Bertz CT molecular complexity index is 779. The maximum Gasteiger partial charge on any atom is 0.325 e. The van der Waals surface area contributed by atoms with E-state index < -0.39 is 23.5 Å². The summed E-state index contributed by atoms with van der Waals surface area (Å²) < 4.78 is 0. The van der Waals surface area contributed by atoms with Crippen molar-refractivity contribution in [1.29, 1.82) is 0 Å². The molecule has 2 N–H and O–H groups in total. The molecule has 1 aromatic carbocycles. The van der Waals surface area contributed by atoms with Crippen molar-refractivity contribution in [2.45, 2.75) is 57.5 Å². The highest BCUT2D eigenvalue weighted by Crippen LogP contribution is 2.38. The van der Waals surface area contributed by atoms with Gasteiger partial charge in [0.25, 0.3) is 5.91 Å². The minimum absolute atomic E-state index is 0.0359. The Morgan fingerprint density at radius 2 is 1.96 bits per heavy atom. The largest absolute Gasteiger partial charge is 0.344 e. The molecule has 7 nitrogen and oxygen atoms in total. The molecule has 3 rings (SSSR count). The Morgan fingerprint density at radius 3 is 2.61 bits per heavy atom. The quantitative estimate of drug-likeness (QED) is 0.730. The summed E-state index contributed by atoms with van der Waals surface area (Å²) in [5, 5.41) is 5.50. The van der Waals surface area contributed by atoms with Crippen LogP contribution in [0.25, 0.3) is 0 Å². The van der Waals surface area contributed by atoms with Gasteiger partial charge in [-0.2, -0.15) is 0 Å². The van der Waals surface area contributed by atoms with Gasteiger partial charge in [0, 0.05) is 0 Å². The minimum atomic E-state index is -0.889. The second-order valence-corrected chi connectivity index (χ2v) is 7.86. The van der Waals surface area contributed by atoms with Gasteiger partial charge in [-0.3, -0.25) is 19.3 Å². The molecule has 2 aliphatic rings. The van der Waals surface area contributed by atoms with E-state index in [2.05, 4.69) is 10.6 Å². The Hall–Kier alpha value is -2.70. The Labute approximate surface area is 164 Å². The average molecular weight is 385 g/mol. The van der Waals surface area contributed by atoms with Crippen molar-refractivity contribution >= 4 is 23.6 Å². The van der Waals surface area contributed by atoms with Crippen molar-refractivity contribution in [3.63, 3.8) is 0 Å². The molecule has 0 bridgehead atoms. The number of rotatable bonds is 6. The highest BCUT2D eigenvalue weighted by Gasteiger charge is 2.55. The predicted molar refractivity (Wildman–Crippen MR) is 103 cm³/mol. The van der Waals surface area contributed by atoms with E-state index in [1.807, 2.05) is 37.3 Å². The van der Waals surface area contributed by atoms with E-state index in [4.69, 9.17) is 0 Å². The summed E-state index contributed by atoms with van der Waals surface area (Å²) in [4.78, 5) is 50.8. The Kier molecular flexibility index (Phi) is 5.82. The molecule has 7 heteroatoms. The SMILES string of the molecule is CC(=O)C(Cc1ccccc1)NC(=O)CN1C(=O)NC2(CCCCC2C)C1=O. The molecule has 0 aromatic heterocycles. The fourth-order valence-corrected chi connectivity index (χ4v) is 4.17. The van der Waals surface area contributed by atoms with Crippen molar-refractivity contribution in [2.75, 3.05) is 6.54 Å². The maximum atomic E-state index is 12.9. The number of ketones is 1. The maximum absolute atomic E-state index is 12.9. The molecule has 3 unspecified atom stereocenters. The van der Waals surface area contributed by atoms with Crippen molar-refractivity contribution in [3.05, 3.63) is 35.9 Å². The van der Waals surface area contributed by atoms with E-state index in [-0.39, 0.29) is 24.2 Å². The average Bonchev–Trinajstić information content (AvgIpc) is 2.89. The molecule has 1 aliphatic carbocycles. The van der Waals surface area contributed by atoms with Crippen LogP contribution in [0.4, 0.5) is 4.79 Å². The smallest absolute Gasteiger partial charge is 0.325 e. The van der Waals surface area contributed by atoms with Gasteiger partial charge in [0.1, 0.15) is 12.1 Å². The van der Waals surface area contributed by atoms with Crippen LogP contribution in [0.5, 0.6) is 0 Å². The second-order valence-electron chi connectivity index (χ2n) is 7.86. The second kappa shape index (κ2) is 8.12. The van der Waals surface area contributed by atoms with E-state index in [9.17, 15) is 19.2 Å². The molecule has 1 spiro atoms. The molecule has 1 aliphatic heterocycles. The van der Waals surface area contributed by atoms with Gasteiger partial charge in [0.05, 0.1) is 6.04 Å². The van der Waals surface area contributed by atoms with Crippen molar-refractivity contribution < 1.29 is 19.2 Å². The fourth-order valence-electron chi connectivity index (χ4n) is 4.17. The van der Waals surface area contributed by atoms with Crippen LogP contribution >= 0.6 is 0 Å². The van der Waals surface area contributed by atoms with Crippen LogP contribution in [0.1, 0.15) is 45.1 Å². The lowest BCUT2D eigenvalue weighted by atomic mass is 9.73. The first-order valence-corrected chi connectivity index (χ1v) is 9.81. The number of hydrogen-bond donors (Lipinski definition) is 2. The van der Waals surface area contributed by atoms with Crippen LogP contribution in [0.15, 0.2) is 30.3 Å². The molecule has 1 saturated carbocycles. The van der Waals surface area contributed by atoms with Gasteiger partial charge in [-0.25, -0.2) is 4.79 Å². The van der Waals surface area contributed by atoms with Crippen LogP contribution in [0.2, 0.25) is 0 Å². The number of urea groups is 1. The number of Topliss-reactive ketones (excluding diaryl/α,β-unsaturated/α-hetero) is 1. The van der Waals surface area contributed by atoms with E-state index in [0.29, 0.717) is 12.8 Å². The lowest BCUT2D eigenvalue weighted by molar-refractivity contribution is -0.137. The first kappa shape index (κ1) is 20.0. The van der Waals surface area contributed by atoms with Crippen LogP contribution < -0.4 is 10.6 Å². The van der Waals surface area contributed by atoms with Gasteiger partial charge in [0.15, 0.2) is 5.78 Å². The van der Waals surface area contributed by atoms with Crippen LogP contribution in [-0.2, 0) is 20.8 Å². The molecule has 4 amide bonds. The summed E-state index contributed by atoms with van der Waals surface area (Å²) in [5.74, 6) is -0.983. The molecule has 1 saturated heterocycles. The zero-order valence-corrected chi connectivity index (χ0v) is 16.4. The molecule has 0 radical (unpaired) electrons. The van der Waals surface area contributed by atoms with E-state index in [1.165, 1.54) is 6.92 Å². The predicted octanol–water partition coefficient (Wildman–Crippen LogP) is 1.80. The van der Waals surface area contributed by atoms with E-state index in [1.54, 1.807) is 0 Å². The molecule has 1 heterocycles. The normalized spacial score (nSPS) is 25.5. The minimum Gasteiger partial charge on any atom is -0.344 e. The number of benzene rings is 1. The first-order valence-electron chi connectivity index (χ1n) is 9.81. The van der Waals surface area contributed by atoms with Gasteiger partial charge in [-0.05, 0) is 37.7 Å². The van der Waals surface area contributed by atoms with Gasteiger partial charge in [0.2, 0.25) is 5.91 Å². The standard InChI is InChI=1S/C21H27N3O4/c1-14-8-6-7-11-21(14)19(27)24(20(28)23-21)13-18(26)22-17(15(2)25)12-16-9-4-3-5-10-16/h3-5,9-10,14,17H,6-8,11-13H2,1-2H3,(H,22,26)(H,23,28). The third-order valence-corrected chi connectivity index (χ3v) is 5.91. The fraction of sp³-hybridized carbons (Fsp3) is 0.524. The summed E-state index contributed by atoms with van der Waals surface area (Å²) in [6, 6.07) is 8.15. The van der Waals surface area contributed by atoms with Gasteiger partial charge in [-0.1, -0.05) is 50.1 Å². The van der Waals surface area contributed by atoms with Gasteiger partial charge in [-0.15, -0.1) is 0 Å². The number of nitrogens with zero attached hydrogens (tertiary/aromatic N) is 1. The van der Waals surface area contributed by atoms with E-state index >= 15 is 0 Å². The number of amides is 4. The summed E-state index contributed by atoms with van der Waals surface area (Å²) in [5.41, 5.74) is 0.0348. The molecule has 1 aromatic rings.